The lowest BCUT2D eigenvalue weighted by atomic mass is 10.2. The van der Waals surface area contributed by atoms with Gasteiger partial charge in [-0.25, -0.2) is 8.42 Å². The van der Waals surface area contributed by atoms with Crippen LogP contribution in [0.3, 0.4) is 0 Å². The molecule has 0 aromatic rings. The fourth-order valence-electron chi connectivity index (χ4n) is 1.34. The second-order valence-electron chi connectivity index (χ2n) is 4.14. The maximum atomic E-state index is 11.4. The van der Waals surface area contributed by atoms with Crippen LogP contribution >= 0.6 is 0 Å². The van der Waals surface area contributed by atoms with E-state index in [4.69, 9.17) is 0 Å². The minimum Gasteiger partial charge on any atom is -0.355 e. The number of carbonyl (C=O) groups is 1. The van der Waals surface area contributed by atoms with Gasteiger partial charge in [-0.15, -0.1) is 0 Å². The molecule has 0 saturated carbocycles. The van der Waals surface area contributed by atoms with Crippen LogP contribution in [0.25, 0.3) is 0 Å². The van der Waals surface area contributed by atoms with Crippen molar-refractivity contribution in [2.24, 2.45) is 0 Å². The van der Waals surface area contributed by atoms with Crippen LogP contribution in [0.15, 0.2) is 0 Å². The third-order valence-electron chi connectivity index (χ3n) is 2.82. The van der Waals surface area contributed by atoms with Crippen molar-refractivity contribution in [3.63, 3.8) is 0 Å². The van der Waals surface area contributed by atoms with Gasteiger partial charge in [-0.3, -0.25) is 9.69 Å². The number of amides is 1. The molecule has 96 valence electrons. The Morgan fingerprint density at radius 3 is 2.25 bits per heavy atom. The summed E-state index contributed by atoms with van der Waals surface area (Å²) in [5.74, 6) is -0.0856. The summed E-state index contributed by atoms with van der Waals surface area (Å²) in [6.45, 7) is 6.12. The smallest absolute Gasteiger partial charge is 0.234 e. The molecule has 0 aliphatic heterocycles. The zero-order valence-corrected chi connectivity index (χ0v) is 11.5. The Balaban J connectivity index is 4.39. The molecule has 0 radical (unpaired) electrons. The summed E-state index contributed by atoms with van der Waals surface area (Å²) in [5.41, 5.74) is 0. The van der Waals surface area contributed by atoms with E-state index in [1.165, 1.54) is 6.26 Å². The van der Waals surface area contributed by atoms with Gasteiger partial charge in [-0.2, -0.15) is 0 Å². The van der Waals surface area contributed by atoms with Crippen molar-refractivity contribution in [1.29, 1.82) is 0 Å². The molecule has 0 bridgehead atoms. The summed E-state index contributed by atoms with van der Waals surface area (Å²) in [4.78, 5) is 13.1. The van der Waals surface area contributed by atoms with Gasteiger partial charge >= 0.3 is 0 Å². The van der Waals surface area contributed by atoms with E-state index in [-0.39, 0.29) is 18.5 Å². The molecule has 6 heteroatoms. The fraction of sp³-hybridized carbons (Fsp3) is 0.900. The van der Waals surface area contributed by atoms with Gasteiger partial charge in [-0.05, 0) is 27.8 Å². The Morgan fingerprint density at radius 1 is 1.38 bits per heavy atom. The molecular formula is C10H22N2O3S. The summed E-state index contributed by atoms with van der Waals surface area (Å²) < 4.78 is 22.7. The summed E-state index contributed by atoms with van der Waals surface area (Å²) in [6.07, 6.45) is 1.22. The van der Waals surface area contributed by atoms with E-state index in [0.29, 0.717) is 6.54 Å². The van der Waals surface area contributed by atoms with E-state index in [2.05, 4.69) is 5.32 Å². The molecule has 0 aliphatic rings. The first kappa shape index (κ1) is 15.4. The molecule has 0 aromatic heterocycles. The van der Waals surface area contributed by atoms with Crippen LogP contribution in [-0.4, -0.2) is 56.9 Å². The molecular weight excluding hydrogens is 228 g/mol. The Morgan fingerprint density at radius 2 is 1.88 bits per heavy atom. The number of nitrogens with one attached hydrogen (secondary N) is 1. The first-order valence-corrected chi connectivity index (χ1v) is 7.31. The van der Waals surface area contributed by atoms with Gasteiger partial charge < -0.3 is 5.32 Å². The molecule has 1 N–H and O–H groups in total. The van der Waals surface area contributed by atoms with Crippen molar-refractivity contribution in [1.82, 2.24) is 10.2 Å². The summed E-state index contributed by atoms with van der Waals surface area (Å²) in [7, 11) is -1.32. The molecule has 0 fully saturated rings. The van der Waals surface area contributed by atoms with Crippen molar-refractivity contribution < 1.29 is 13.2 Å². The Kier molecular flexibility index (Phi) is 5.96. The van der Waals surface area contributed by atoms with Gasteiger partial charge in [0.15, 0.2) is 9.84 Å². The Labute approximate surface area is 98.1 Å². The van der Waals surface area contributed by atoms with Crippen molar-refractivity contribution in [2.75, 3.05) is 26.4 Å². The van der Waals surface area contributed by atoms with Gasteiger partial charge in [0.05, 0.1) is 11.8 Å². The fourth-order valence-corrected chi connectivity index (χ4v) is 2.26. The lowest BCUT2D eigenvalue weighted by Gasteiger charge is -2.28. The molecule has 1 amide bonds. The quantitative estimate of drug-likeness (QED) is 0.713. The van der Waals surface area contributed by atoms with Crippen molar-refractivity contribution in [3.05, 3.63) is 0 Å². The topological polar surface area (TPSA) is 66.5 Å². The number of carbonyl (C=O) groups excluding carboxylic acids is 1. The van der Waals surface area contributed by atoms with Crippen molar-refractivity contribution in [3.8, 4) is 0 Å². The van der Waals surface area contributed by atoms with Crippen molar-refractivity contribution >= 4 is 15.7 Å². The van der Waals surface area contributed by atoms with Crippen LogP contribution in [0.5, 0.6) is 0 Å². The first-order chi connectivity index (χ1) is 7.20. The highest BCUT2D eigenvalue weighted by molar-refractivity contribution is 7.91. The van der Waals surface area contributed by atoms with E-state index in [9.17, 15) is 13.2 Å². The second-order valence-corrected chi connectivity index (χ2v) is 6.55. The van der Waals surface area contributed by atoms with Gasteiger partial charge in [0.2, 0.25) is 5.91 Å². The van der Waals surface area contributed by atoms with Crippen LogP contribution in [0.4, 0.5) is 0 Å². The van der Waals surface area contributed by atoms with Crippen molar-refractivity contribution in [2.45, 2.75) is 32.1 Å². The highest BCUT2D eigenvalue weighted by Crippen LogP contribution is 2.09. The van der Waals surface area contributed by atoms with E-state index in [0.717, 1.165) is 0 Å². The predicted octanol–water partition coefficient (Wildman–Crippen LogP) is -0.124. The Hall–Kier alpha value is -0.620. The van der Waals surface area contributed by atoms with Crippen LogP contribution in [0.2, 0.25) is 0 Å². The second kappa shape index (κ2) is 6.20. The van der Waals surface area contributed by atoms with E-state index in [1.807, 2.05) is 13.8 Å². The molecule has 0 saturated heterocycles. The number of rotatable bonds is 6. The van der Waals surface area contributed by atoms with Crippen LogP contribution in [-0.2, 0) is 14.6 Å². The normalized spacial score (nSPS) is 15.9. The van der Waals surface area contributed by atoms with Gasteiger partial charge in [-0.1, -0.05) is 0 Å². The van der Waals surface area contributed by atoms with E-state index < -0.39 is 15.1 Å². The average molecular weight is 250 g/mol. The number of hydrogen-bond donors (Lipinski definition) is 1. The third kappa shape index (κ3) is 4.94. The lowest BCUT2D eigenvalue weighted by Crippen LogP contribution is -2.45. The number of hydrogen-bond acceptors (Lipinski definition) is 4. The Bertz CT molecular complexity index is 327. The molecule has 2 atom stereocenters. The largest absolute Gasteiger partial charge is 0.355 e. The van der Waals surface area contributed by atoms with E-state index >= 15 is 0 Å². The first-order valence-electron chi connectivity index (χ1n) is 5.36. The molecule has 2 unspecified atom stereocenters. The summed E-state index contributed by atoms with van der Waals surface area (Å²) in [6, 6.07) is -0.183. The summed E-state index contributed by atoms with van der Waals surface area (Å²) >= 11 is 0. The minimum absolute atomic E-state index is 0.0856. The predicted molar refractivity (Wildman–Crippen MR) is 65.1 cm³/mol. The molecule has 0 spiro atoms. The number of sulfone groups is 1. The zero-order chi connectivity index (χ0) is 12.9. The monoisotopic (exact) mass is 250 g/mol. The molecule has 0 aliphatic carbocycles. The maximum absolute atomic E-state index is 11.4. The van der Waals surface area contributed by atoms with Crippen LogP contribution < -0.4 is 5.32 Å². The highest BCUT2D eigenvalue weighted by atomic mass is 32.2. The van der Waals surface area contributed by atoms with Gasteiger partial charge in [0.25, 0.3) is 0 Å². The molecule has 0 aromatic carbocycles. The lowest BCUT2D eigenvalue weighted by molar-refractivity contribution is -0.122. The SMILES string of the molecule is CCNC(=O)CN(C)C(C)C(C)S(C)(=O)=O. The van der Waals surface area contributed by atoms with Crippen LogP contribution in [0.1, 0.15) is 20.8 Å². The van der Waals surface area contributed by atoms with Crippen LogP contribution in [0, 0.1) is 0 Å². The molecule has 5 nitrogen and oxygen atoms in total. The summed E-state index contributed by atoms with van der Waals surface area (Å²) in [5, 5.41) is 2.20. The molecule has 0 rings (SSSR count). The molecule has 0 heterocycles. The average Bonchev–Trinajstić information content (AvgIpc) is 2.14. The number of likely N-dealkylation sites (N-methyl/N-ethyl adjacent to an activating group) is 2. The third-order valence-corrected chi connectivity index (χ3v) is 4.56. The zero-order valence-electron chi connectivity index (χ0n) is 10.6. The minimum atomic E-state index is -3.07. The van der Waals surface area contributed by atoms with Gasteiger partial charge in [0.1, 0.15) is 0 Å². The standard InChI is InChI=1S/C10H22N2O3S/c1-6-11-10(13)7-12(4)8(2)9(3)16(5,14)15/h8-9H,6-7H2,1-5H3,(H,11,13). The number of nitrogens with zero attached hydrogens (tertiary/aromatic N) is 1. The van der Waals surface area contributed by atoms with Gasteiger partial charge in [0, 0.05) is 18.8 Å². The highest BCUT2D eigenvalue weighted by Gasteiger charge is 2.26. The maximum Gasteiger partial charge on any atom is 0.234 e. The molecule has 16 heavy (non-hydrogen) atoms. The van der Waals surface area contributed by atoms with E-state index in [1.54, 1.807) is 18.9 Å².